The van der Waals surface area contributed by atoms with Crippen molar-refractivity contribution in [1.29, 1.82) is 0 Å². The van der Waals surface area contributed by atoms with Gasteiger partial charge in [-0.15, -0.1) is 11.8 Å². The van der Waals surface area contributed by atoms with Gasteiger partial charge in [0, 0.05) is 20.6 Å². The first kappa shape index (κ1) is 15.6. The van der Waals surface area contributed by atoms with Gasteiger partial charge in [-0.2, -0.15) is 0 Å². The van der Waals surface area contributed by atoms with Crippen molar-refractivity contribution in [3.63, 3.8) is 0 Å². The minimum atomic E-state index is -0.398. The number of benzene rings is 2. The number of rotatable bonds is 4. The van der Waals surface area contributed by atoms with Crippen molar-refractivity contribution in [2.45, 2.75) is 4.90 Å². The Balaban J connectivity index is 1.89. The number of imide groups is 1. The quantitative estimate of drug-likeness (QED) is 0.645. The highest BCUT2D eigenvalue weighted by molar-refractivity contribution is 9.10. The van der Waals surface area contributed by atoms with Crippen molar-refractivity contribution in [3.05, 3.63) is 58.6 Å². The molecule has 0 atom stereocenters. The van der Waals surface area contributed by atoms with Gasteiger partial charge in [-0.3, -0.25) is 14.9 Å². The molecular weight excluding hydrogens is 352 g/mol. The number of nitrogens with two attached hydrogens (primary N) is 1. The predicted octanol–water partition coefficient (Wildman–Crippen LogP) is 3.08. The number of nitrogen functional groups attached to an aromatic ring is 1. The molecule has 108 valence electrons. The molecule has 0 aliphatic rings. The molecule has 0 saturated heterocycles. The molecule has 3 N–H and O–H groups in total. The van der Waals surface area contributed by atoms with Crippen LogP contribution in [0.2, 0.25) is 0 Å². The lowest BCUT2D eigenvalue weighted by atomic mass is 10.2. The molecule has 21 heavy (non-hydrogen) atoms. The minimum Gasteiger partial charge on any atom is -0.398 e. The summed E-state index contributed by atoms with van der Waals surface area (Å²) in [6.45, 7) is 0. The number of halogens is 1. The monoisotopic (exact) mass is 364 g/mol. The van der Waals surface area contributed by atoms with Crippen LogP contribution in [0.4, 0.5) is 5.69 Å². The van der Waals surface area contributed by atoms with Crippen molar-refractivity contribution >= 4 is 45.2 Å². The lowest BCUT2D eigenvalue weighted by Gasteiger charge is -2.06. The first-order valence-corrected chi connectivity index (χ1v) is 7.91. The van der Waals surface area contributed by atoms with E-state index < -0.39 is 5.91 Å². The van der Waals surface area contributed by atoms with Gasteiger partial charge in [0.25, 0.3) is 5.91 Å². The van der Waals surface area contributed by atoms with Gasteiger partial charge in [-0.25, -0.2) is 0 Å². The number of hydrogen-bond acceptors (Lipinski definition) is 4. The molecule has 0 aliphatic heterocycles. The maximum absolute atomic E-state index is 11.8. The molecule has 0 saturated carbocycles. The molecule has 6 heteroatoms. The van der Waals surface area contributed by atoms with Gasteiger partial charge in [0.15, 0.2) is 0 Å². The summed E-state index contributed by atoms with van der Waals surface area (Å²) in [5, 5.41) is 2.35. The Morgan fingerprint density at radius 2 is 1.86 bits per heavy atom. The minimum absolute atomic E-state index is 0.129. The van der Waals surface area contributed by atoms with Crippen LogP contribution in [0.25, 0.3) is 0 Å². The van der Waals surface area contributed by atoms with E-state index in [0.717, 1.165) is 9.37 Å². The van der Waals surface area contributed by atoms with Crippen molar-refractivity contribution in [3.8, 4) is 0 Å². The SMILES string of the molecule is Nc1cc(Br)ccc1SCC(=O)NC(=O)c1ccccc1. The van der Waals surface area contributed by atoms with Crippen LogP contribution in [0.15, 0.2) is 57.9 Å². The number of amides is 2. The van der Waals surface area contributed by atoms with Crippen LogP contribution in [-0.2, 0) is 4.79 Å². The Morgan fingerprint density at radius 3 is 2.52 bits per heavy atom. The second-order valence-electron chi connectivity index (χ2n) is 4.21. The zero-order valence-corrected chi connectivity index (χ0v) is 13.4. The van der Waals surface area contributed by atoms with Crippen molar-refractivity contribution < 1.29 is 9.59 Å². The van der Waals surface area contributed by atoms with Crippen LogP contribution in [0.3, 0.4) is 0 Å². The highest BCUT2D eigenvalue weighted by Crippen LogP contribution is 2.27. The number of nitrogens with one attached hydrogen (secondary N) is 1. The second-order valence-corrected chi connectivity index (χ2v) is 6.15. The Labute approximate surface area is 135 Å². The lowest BCUT2D eigenvalue weighted by Crippen LogP contribution is -2.31. The summed E-state index contributed by atoms with van der Waals surface area (Å²) in [5.41, 5.74) is 6.90. The van der Waals surface area contributed by atoms with Gasteiger partial charge in [-0.1, -0.05) is 34.1 Å². The third-order valence-electron chi connectivity index (χ3n) is 2.62. The zero-order chi connectivity index (χ0) is 15.2. The van der Waals surface area contributed by atoms with E-state index in [1.807, 2.05) is 18.2 Å². The first-order valence-electron chi connectivity index (χ1n) is 6.13. The summed E-state index contributed by atoms with van der Waals surface area (Å²) < 4.78 is 0.882. The van der Waals surface area contributed by atoms with E-state index >= 15 is 0 Å². The molecule has 0 radical (unpaired) electrons. The molecule has 2 amide bonds. The van der Waals surface area contributed by atoms with Gasteiger partial charge in [-0.05, 0) is 30.3 Å². The van der Waals surface area contributed by atoms with E-state index in [1.165, 1.54) is 11.8 Å². The Hall–Kier alpha value is -1.79. The molecule has 4 nitrogen and oxygen atoms in total. The number of thioether (sulfide) groups is 1. The molecule has 0 aliphatic carbocycles. The average molecular weight is 365 g/mol. The molecule has 0 fully saturated rings. The second kappa shape index (κ2) is 7.28. The van der Waals surface area contributed by atoms with Gasteiger partial charge in [0.05, 0.1) is 5.75 Å². The smallest absolute Gasteiger partial charge is 0.257 e. The van der Waals surface area contributed by atoms with Crippen molar-refractivity contribution in [1.82, 2.24) is 5.32 Å². The molecule has 0 spiro atoms. The van der Waals surface area contributed by atoms with Crippen molar-refractivity contribution in [2.75, 3.05) is 11.5 Å². The van der Waals surface area contributed by atoms with E-state index in [4.69, 9.17) is 5.73 Å². The fraction of sp³-hybridized carbons (Fsp3) is 0.0667. The molecule has 0 aromatic heterocycles. The van der Waals surface area contributed by atoms with E-state index in [0.29, 0.717) is 11.3 Å². The van der Waals surface area contributed by atoms with Gasteiger partial charge in [0.1, 0.15) is 0 Å². The third-order valence-corrected chi connectivity index (χ3v) is 4.20. The maximum atomic E-state index is 11.8. The van der Waals surface area contributed by atoms with Crippen molar-refractivity contribution in [2.24, 2.45) is 0 Å². The van der Waals surface area contributed by atoms with Crippen LogP contribution in [0.1, 0.15) is 10.4 Å². The summed E-state index contributed by atoms with van der Waals surface area (Å²) in [5.74, 6) is -0.620. The van der Waals surface area contributed by atoms with E-state index in [1.54, 1.807) is 30.3 Å². The van der Waals surface area contributed by atoms with Gasteiger partial charge < -0.3 is 5.73 Å². The van der Waals surface area contributed by atoms with Crippen LogP contribution in [0, 0.1) is 0 Å². The number of anilines is 1. The maximum Gasteiger partial charge on any atom is 0.257 e. The summed E-state index contributed by atoms with van der Waals surface area (Å²) in [4.78, 5) is 24.4. The molecule has 2 aromatic rings. The Kier molecular flexibility index (Phi) is 5.41. The standard InChI is InChI=1S/C15H13BrN2O2S/c16-11-6-7-13(12(17)8-11)21-9-14(19)18-15(20)10-4-2-1-3-5-10/h1-8H,9,17H2,(H,18,19,20). The first-order chi connectivity index (χ1) is 10.1. The molecule has 2 aromatic carbocycles. The number of carbonyl (C=O) groups is 2. The molecule has 2 rings (SSSR count). The lowest BCUT2D eigenvalue weighted by molar-refractivity contribution is -0.117. The summed E-state index contributed by atoms with van der Waals surface area (Å²) in [7, 11) is 0. The Bertz CT molecular complexity index is 662. The summed E-state index contributed by atoms with van der Waals surface area (Å²) in [6, 6.07) is 14.1. The summed E-state index contributed by atoms with van der Waals surface area (Å²) in [6.07, 6.45) is 0. The average Bonchev–Trinajstić information content (AvgIpc) is 2.47. The molecule has 0 heterocycles. The predicted molar refractivity (Wildman–Crippen MR) is 88.2 cm³/mol. The van der Waals surface area contributed by atoms with Gasteiger partial charge in [0.2, 0.25) is 5.91 Å². The van der Waals surface area contributed by atoms with Crippen LogP contribution in [0.5, 0.6) is 0 Å². The van der Waals surface area contributed by atoms with Gasteiger partial charge >= 0.3 is 0 Å². The van der Waals surface area contributed by atoms with Crippen LogP contribution < -0.4 is 11.1 Å². The molecule has 0 bridgehead atoms. The zero-order valence-electron chi connectivity index (χ0n) is 11.0. The molecule has 0 unspecified atom stereocenters. The number of hydrogen-bond donors (Lipinski definition) is 2. The fourth-order valence-corrected chi connectivity index (χ4v) is 2.75. The third kappa shape index (κ3) is 4.61. The highest BCUT2D eigenvalue weighted by Gasteiger charge is 2.11. The molecular formula is C15H13BrN2O2S. The van der Waals surface area contributed by atoms with Crippen LogP contribution >= 0.6 is 27.7 Å². The Morgan fingerprint density at radius 1 is 1.14 bits per heavy atom. The van der Waals surface area contributed by atoms with Crippen LogP contribution in [-0.4, -0.2) is 17.6 Å². The fourth-order valence-electron chi connectivity index (χ4n) is 1.62. The van der Waals surface area contributed by atoms with E-state index in [2.05, 4.69) is 21.2 Å². The summed E-state index contributed by atoms with van der Waals surface area (Å²) >= 11 is 4.61. The highest BCUT2D eigenvalue weighted by atomic mass is 79.9. The topological polar surface area (TPSA) is 72.2 Å². The largest absolute Gasteiger partial charge is 0.398 e. The normalized spacial score (nSPS) is 10.1. The number of carbonyl (C=O) groups excluding carboxylic acids is 2. The van der Waals surface area contributed by atoms with E-state index in [-0.39, 0.29) is 11.7 Å². The van der Waals surface area contributed by atoms with E-state index in [9.17, 15) is 9.59 Å².